The molecule has 166 valence electrons. The van der Waals surface area contributed by atoms with Crippen molar-refractivity contribution in [3.8, 4) is 0 Å². The van der Waals surface area contributed by atoms with Gasteiger partial charge in [-0.05, 0) is 50.2 Å². The summed E-state index contributed by atoms with van der Waals surface area (Å²) in [4.78, 5) is 37.0. The molecule has 2 rings (SSSR count). The fraction of sp³-hybridized carbons (Fsp3) is 0.286. The zero-order valence-electron chi connectivity index (χ0n) is 17.4. The Kier molecular flexibility index (Phi) is 8.01. The molecule has 0 atom stereocenters. The van der Waals surface area contributed by atoms with Crippen LogP contribution in [0.4, 0.5) is 10.1 Å². The molecule has 0 unspecified atom stereocenters. The van der Waals surface area contributed by atoms with Gasteiger partial charge in [-0.3, -0.25) is 14.4 Å². The van der Waals surface area contributed by atoms with Crippen LogP contribution < -0.4 is 4.90 Å². The lowest BCUT2D eigenvalue weighted by Crippen LogP contribution is -2.37. The Morgan fingerprint density at radius 1 is 1.00 bits per heavy atom. The summed E-state index contributed by atoms with van der Waals surface area (Å²) in [6, 6.07) is 10.6. The highest BCUT2D eigenvalue weighted by molar-refractivity contribution is 7.89. The van der Waals surface area contributed by atoms with Crippen molar-refractivity contribution >= 4 is 33.4 Å². The molecule has 0 spiro atoms. The predicted molar refractivity (Wildman–Crippen MR) is 112 cm³/mol. The van der Waals surface area contributed by atoms with Crippen molar-refractivity contribution in [1.29, 1.82) is 0 Å². The zero-order chi connectivity index (χ0) is 23.2. The molecular formula is C21H23FN2O6S. The second kappa shape index (κ2) is 10.3. The summed E-state index contributed by atoms with van der Waals surface area (Å²) in [5.74, 6) is -2.09. The van der Waals surface area contributed by atoms with E-state index in [-0.39, 0.29) is 17.2 Å². The van der Waals surface area contributed by atoms with Gasteiger partial charge in [0.05, 0.1) is 4.90 Å². The fourth-order valence-corrected chi connectivity index (χ4v) is 3.81. The first-order valence-corrected chi connectivity index (χ1v) is 10.8. The zero-order valence-corrected chi connectivity index (χ0v) is 18.2. The number of nitrogens with zero attached hydrogens (tertiary/aromatic N) is 2. The van der Waals surface area contributed by atoms with Crippen molar-refractivity contribution < 1.29 is 31.9 Å². The van der Waals surface area contributed by atoms with Gasteiger partial charge in [-0.1, -0.05) is 12.1 Å². The Labute approximate surface area is 180 Å². The number of amides is 1. The van der Waals surface area contributed by atoms with Crippen LogP contribution in [0.1, 0.15) is 24.2 Å². The van der Waals surface area contributed by atoms with Gasteiger partial charge in [0.25, 0.3) is 5.91 Å². The number of ether oxygens (including phenoxy) is 1. The molecule has 10 heteroatoms. The van der Waals surface area contributed by atoms with Crippen molar-refractivity contribution in [2.75, 3.05) is 31.6 Å². The number of likely N-dealkylation sites (N-methyl/N-ethyl adjacent to an activating group) is 2. The van der Waals surface area contributed by atoms with E-state index in [9.17, 15) is 27.2 Å². The monoisotopic (exact) mass is 450 g/mol. The smallest absolute Gasteiger partial charge is 0.321 e. The maximum absolute atomic E-state index is 13.1. The van der Waals surface area contributed by atoms with Gasteiger partial charge in [-0.2, -0.15) is 4.31 Å². The normalized spacial score (nSPS) is 11.3. The van der Waals surface area contributed by atoms with Crippen molar-refractivity contribution in [2.24, 2.45) is 0 Å². The molecule has 0 fully saturated rings. The Morgan fingerprint density at radius 3 is 2.10 bits per heavy atom. The minimum Gasteiger partial charge on any atom is -0.455 e. The molecular weight excluding hydrogens is 427 g/mol. The van der Waals surface area contributed by atoms with Crippen LogP contribution in [0.5, 0.6) is 0 Å². The number of rotatable bonds is 9. The van der Waals surface area contributed by atoms with E-state index in [1.807, 2.05) is 0 Å². The molecule has 8 nitrogen and oxygen atoms in total. The number of ketones is 1. The van der Waals surface area contributed by atoms with E-state index in [4.69, 9.17) is 4.74 Å². The molecule has 0 aliphatic carbocycles. The lowest BCUT2D eigenvalue weighted by Gasteiger charge is -2.21. The highest BCUT2D eigenvalue weighted by Gasteiger charge is 2.24. The summed E-state index contributed by atoms with van der Waals surface area (Å²) in [6.45, 7) is 2.15. The molecule has 31 heavy (non-hydrogen) atoms. The molecule has 0 N–H and O–H groups in total. The lowest BCUT2D eigenvalue weighted by atomic mass is 10.2. The number of hydrogen-bond donors (Lipinski definition) is 0. The van der Waals surface area contributed by atoms with Gasteiger partial charge < -0.3 is 9.64 Å². The molecule has 0 aromatic heterocycles. The molecule has 0 heterocycles. The highest BCUT2D eigenvalue weighted by atomic mass is 32.2. The quantitative estimate of drug-likeness (QED) is 0.429. The Bertz CT molecular complexity index is 1050. The first-order valence-electron chi connectivity index (χ1n) is 9.35. The van der Waals surface area contributed by atoms with Gasteiger partial charge >= 0.3 is 5.97 Å². The van der Waals surface area contributed by atoms with Gasteiger partial charge in [-0.15, -0.1) is 0 Å². The number of halogens is 1. The molecule has 0 aliphatic heterocycles. The highest BCUT2D eigenvalue weighted by Crippen LogP contribution is 2.17. The van der Waals surface area contributed by atoms with E-state index in [2.05, 4.69) is 0 Å². The minimum absolute atomic E-state index is 0.0858. The number of carbonyl (C=O) groups is 3. The van der Waals surface area contributed by atoms with E-state index >= 15 is 0 Å². The fourth-order valence-electron chi connectivity index (χ4n) is 2.70. The van der Waals surface area contributed by atoms with Gasteiger partial charge in [0, 0.05) is 24.8 Å². The van der Waals surface area contributed by atoms with Crippen LogP contribution in [0, 0.1) is 5.82 Å². The third-order valence-electron chi connectivity index (χ3n) is 4.43. The number of esters is 1. The third-order valence-corrected chi connectivity index (χ3v) is 6.25. The summed E-state index contributed by atoms with van der Waals surface area (Å²) >= 11 is 0. The number of anilines is 1. The average molecular weight is 450 g/mol. The summed E-state index contributed by atoms with van der Waals surface area (Å²) in [7, 11) is -2.79. The molecule has 2 aromatic carbocycles. The first kappa shape index (κ1) is 24.2. The Balaban J connectivity index is 1.96. The maximum atomic E-state index is 13.1. The standard InChI is InChI=1S/C21H23FN2O6S/c1-4-24(18-9-7-17(22)8-10-18)20(26)14-30-21(27)13-23(3)31(28,29)19-11-5-16(6-12-19)15(2)25/h5-12H,4,13-14H2,1-3H3. The number of carbonyl (C=O) groups excluding carboxylic acids is 3. The lowest BCUT2D eigenvalue weighted by molar-refractivity contribution is -0.147. The summed E-state index contributed by atoms with van der Waals surface area (Å²) in [5, 5.41) is 0. The van der Waals surface area contributed by atoms with Crippen LogP contribution >= 0.6 is 0 Å². The Morgan fingerprint density at radius 2 is 1.58 bits per heavy atom. The van der Waals surface area contributed by atoms with E-state index in [0.717, 1.165) is 4.31 Å². The van der Waals surface area contributed by atoms with Crippen molar-refractivity contribution in [3.63, 3.8) is 0 Å². The number of Topliss-reactive ketones (excluding diaryl/α,β-unsaturated/α-hetero) is 1. The van der Waals surface area contributed by atoms with Crippen LogP contribution in [0.3, 0.4) is 0 Å². The van der Waals surface area contributed by atoms with Crippen LogP contribution in [-0.4, -0.2) is 57.1 Å². The molecule has 0 bridgehead atoms. The first-order chi connectivity index (χ1) is 14.6. The third kappa shape index (κ3) is 6.19. The number of benzene rings is 2. The molecule has 0 saturated heterocycles. The largest absolute Gasteiger partial charge is 0.455 e. The summed E-state index contributed by atoms with van der Waals surface area (Å²) in [6.07, 6.45) is 0. The van der Waals surface area contributed by atoms with Crippen molar-refractivity contribution in [3.05, 3.63) is 59.9 Å². The van der Waals surface area contributed by atoms with Gasteiger partial charge in [-0.25, -0.2) is 12.8 Å². The van der Waals surface area contributed by atoms with Gasteiger partial charge in [0.2, 0.25) is 10.0 Å². The van der Waals surface area contributed by atoms with E-state index in [1.165, 1.54) is 67.4 Å². The summed E-state index contributed by atoms with van der Waals surface area (Å²) in [5.41, 5.74) is 0.805. The van der Waals surface area contributed by atoms with Crippen LogP contribution in [-0.2, 0) is 24.3 Å². The average Bonchev–Trinajstić information content (AvgIpc) is 2.74. The van der Waals surface area contributed by atoms with Crippen LogP contribution in [0.2, 0.25) is 0 Å². The van der Waals surface area contributed by atoms with E-state index in [1.54, 1.807) is 6.92 Å². The summed E-state index contributed by atoms with van der Waals surface area (Å²) < 4.78 is 43.9. The Hall–Kier alpha value is -3.11. The number of hydrogen-bond acceptors (Lipinski definition) is 6. The van der Waals surface area contributed by atoms with Gasteiger partial charge in [0.15, 0.2) is 12.4 Å². The molecule has 0 aliphatic rings. The van der Waals surface area contributed by atoms with E-state index < -0.39 is 40.9 Å². The van der Waals surface area contributed by atoms with Gasteiger partial charge in [0.1, 0.15) is 12.4 Å². The second-order valence-electron chi connectivity index (χ2n) is 6.62. The second-order valence-corrected chi connectivity index (χ2v) is 8.66. The molecule has 1 amide bonds. The van der Waals surface area contributed by atoms with Crippen LogP contribution in [0.15, 0.2) is 53.4 Å². The number of sulfonamides is 1. The van der Waals surface area contributed by atoms with Crippen LogP contribution in [0.25, 0.3) is 0 Å². The predicted octanol–water partition coefficient (Wildman–Crippen LogP) is 2.25. The molecule has 0 radical (unpaired) electrons. The minimum atomic E-state index is -3.99. The van der Waals surface area contributed by atoms with E-state index in [0.29, 0.717) is 11.3 Å². The SMILES string of the molecule is CCN(C(=O)COC(=O)CN(C)S(=O)(=O)c1ccc(C(C)=O)cc1)c1ccc(F)cc1. The maximum Gasteiger partial charge on any atom is 0.321 e. The van der Waals surface area contributed by atoms with Crippen molar-refractivity contribution in [1.82, 2.24) is 4.31 Å². The molecule has 0 saturated carbocycles. The topological polar surface area (TPSA) is 101 Å². The molecule has 2 aromatic rings. The van der Waals surface area contributed by atoms with Crippen molar-refractivity contribution in [2.45, 2.75) is 18.7 Å².